The predicted octanol–water partition coefficient (Wildman–Crippen LogP) is 2.37. The van der Waals surface area contributed by atoms with Gasteiger partial charge >= 0.3 is 0 Å². The molecule has 0 radical (unpaired) electrons. The third kappa shape index (κ3) is 5.32. The molecule has 1 aromatic carbocycles. The number of hydrogen-bond acceptors (Lipinski definition) is 5. The minimum atomic E-state index is -1.16. The Bertz CT molecular complexity index is 620. The molecule has 1 aromatic rings. The standard InChI is InChI=1S/C18H25FN2O5/c1-25-15-8-7-12(11-16(15)26-13-5-3-2-4-6-13)17(22)20-14(9-10-19)18(23)21-24/h7-8,11,13-14,24H,2-6,9-10H2,1H3,(H,20,22)(H,21,23). The number of amides is 2. The topological polar surface area (TPSA) is 96.9 Å². The van der Waals surface area contributed by atoms with Crippen LogP contribution in [0.4, 0.5) is 4.39 Å². The minimum Gasteiger partial charge on any atom is -0.493 e. The van der Waals surface area contributed by atoms with Gasteiger partial charge in [-0.1, -0.05) is 6.42 Å². The van der Waals surface area contributed by atoms with E-state index in [0.29, 0.717) is 11.5 Å². The van der Waals surface area contributed by atoms with Gasteiger partial charge in [-0.05, 0) is 43.9 Å². The van der Waals surface area contributed by atoms with Crippen molar-refractivity contribution in [1.82, 2.24) is 10.8 Å². The van der Waals surface area contributed by atoms with Crippen LogP contribution >= 0.6 is 0 Å². The van der Waals surface area contributed by atoms with Gasteiger partial charge in [0.1, 0.15) is 6.04 Å². The van der Waals surface area contributed by atoms with Crippen molar-refractivity contribution in [2.24, 2.45) is 0 Å². The number of rotatable bonds is 8. The molecular weight excluding hydrogens is 343 g/mol. The fourth-order valence-electron chi connectivity index (χ4n) is 2.97. The van der Waals surface area contributed by atoms with Gasteiger partial charge in [0.2, 0.25) is 0 Å². The normalized spacial score (nSPS) is 15.8. The van der Waals surface area contributed by atoms with Crippen LogP contribution in [0.3, 0.4) is 0 Å². The number of carbonyl (C=O) groups is 2. The number of hydrogen-bond donors (Lipinski definition) is 3. The lowest BCUT2D eigenvalue weighted by molar-refractivity contribution is -0.131. The van der Waals surface area contributed by atoms with Crippen LogP contribution in [-0.4, -0.2) is 43.0 Å². The predicted molar refractivity (Wildman–Crippen MR) is 92.3 cm³/mol. The SMILES string of the molecule is COc1ccc(C(=O)NC(CCF)C(=O)NO)cc1OC1CCCCC1. The number of carbonyl (C=O) groups excluding carboxylic acids is 2. The highest BCUT2D eigenvalue weighted by Crippen LogP contribution is 2.32. The molecule has 8 heteroatoms. The van der Waals surface area contributed by atoms with E-state index < -0.39 is 24.5 Å². The molecule has 0 heterocycles. The lowest BCUT2D eigenvalue weighted by atomic mass is 9.98. The zero-order valence-electron chi connectivity index (χ0n) is 14.8. The van der Waals surface area contributed by atoms with E-state index in [4.69, 9.17) is 14.7 Å². The van der Waals surface area contributed by atoms with Crippen molar-refractivity contribution >= 4 is 11.8 Å². The lowest BCUT2D eigenvalue weighted by Gasteiger charge is -2.24. The van der Waals surface area contributed by atoms with E-state index in [2.05, 4.69) is 5.32 Å². The van der Waals surface area contributed by atoms with Crippen molar-refractivity contribution in [1.29, 1.82) is 0 Å². The Labute approximate surface area is 151 Å². The molecule has 144 valence electrons. The van der Waals surface area contributed by atoms with Gasteiger partial charge in [-0.15, -0.1) is 0 Å². The van der Waals surface area contributed by atoms with Gasteiger partial charge in [-0.25, -0.2) is 5.48 Å². The third-order valence-corrected chi connectivity index (χ3v) is 4.40. The smallest absolute Gasteiger partial charge is 0.265 e. The second-order valence-corrected chi connectivity index (χ2v) is 6.22. The highest BCUT2D eigenvalue weighted by atomic mass is 19.1. The van der Waals surface area contributed by atoms with E-state index in [1.807, 2.05) is 0 Å². The molecular formula is C18H25FN2O5. The summed E-state index contributed by atoms with van der Waals surface area (Å²) in [4.78, 5) is 23.9. The Morgan fingerprint density at radius 2 is 2.00 bits per heavy atom. The van der Waals surface area contributed by atoms with Crippen molar-refractivity contribution in [3.8, 4) is 11.5 Å². The molecule has 7 nitrogen and oxygen atoms in total. The Morgan fingerprint density at radius 3 is 2.62 bits per heavy atom. The highest BCUT2D eigenvalue weighted by Gasteiger charge is 2.22. The quantitative estimate of drug-likeness (QED) is 0.483. The number of hydroxylamine groups is 1. The molecule has 1 fully saturated rings. The molecule has 0 spiro atoms. The average Bonchev–Trinajstić information content (AvgIpc) is 2.67. The molecule has 1 atom stereocenters. The van der Waals surface area contributed by atoms with Crippen molar-refractivity contribution in [2.75, 3.05) is 13.8 Å². The first-order valence-corrected chi connectivity index (χ1v) is 8.74. The summed E-state index contributed by atoms with van der Waals surface area (Å²) in [6.45, 7) is -0.809. The first-order chi connectivity index (χ1) is 12.6. The summed E-state index contributed by atoms with van der Waals surface area (Å²) < 4.78 is 23.9. The summed E-state index contributed by atoms with van der Waals surface area (Å²) in [5, 5.41) is 11.1. The fourth-order valence-corrected chi connectivity index (χ4v) is 2.97. The molecule has 3 N–H and O–H groups in total. The molecule has 1 saturated carbocycles. The molecule has 1 aliphatic rings. The van der Waals surface area contributed by atoms with E-state index in [1.165, 1.54) is 25.1 Å². The summed E-state index contributed by atoms with van der Waals surface area (Å²) in [5.41, 5.74) is 1.68. The maximum atomic E-state index is 12.6. The van der Waals surface area contributed by atoms with E-state index in [1.54, 1.807) is 12.1 Å². The van der Waals surface area contributed by atoms with Crippen LogP contribution in [0.5, 0.6) is 11.5 Å². The van der Waals surface area contributed by atoms with Gasteiger partial charge in [0.15, 0.2) is 11.5 Å². The maximum Gasteiger partial charge on any atom is 0.265 e. The first kappa shape index (κ1) is 20.0. The van der Waals surface area contributed by atoms with E-state index in [-0.39, 0.29) is 18.1 Å². The van der Waals surface area contributed by atoms with Crippen LogP contribution in [-0.2, 0) is 4.79 Å². The molecule has 26 heavy (non-hydrogen) atoms. The van der Waals surface area contributed by atoms with Gasteiger partial charge in [-0.3, -0.25) is 19.2 Å². The van der Waals surface area contributed by atoms with E-state index >= 15 is 0 Å². The number of benzene rings is 1. The van der Waals surface area contributed by atoms with Crippen LogP contribution in [0.1, 0.15) is 48.9 Å². The Balaban J connectivity index is 2.13. The van der Waals surface area contributed by atoms with Gasteiger partial charge in [0.25, 0.3) is 11.8 Å². The van der Waals surface area contributed by atoms with Gasteiger partial charge in [-0.2, -0.15) is 0 Å². The minimum absolute atomic E-state index is 0.0791. The molecule has 2 rings (SSSR count). The molecule has 0 aliphatic heterocycles. The van der Waals surface area contributed by atoms with Crippen molar-refractivity contribution in [2.45, 2.75) is 50.7 Å². The number of alkyl halides is 1. The molecule has 0 bridgehead atoms. The van der Waals surface area contributed by atoms with E-state index in [9.17, 15) is 14.0 Å². The van der Waals surface area contributed by atoms with E-state index in [0.717, 1.165) is 25.7 Å². The third-order valence-electron chi connectivity index (χ3n) is 4.40. The monoisotopic (exact) mass is 368 g/mol. The molecule has 0 aromatic heterocycles. The largest absolute Gasteiger partial charge is 0.493 e. The summed E-state index contributed by atoms with van der Waals surface area (Å²) >= 11 is 0. The Hall–Kier alpha value is -2.35. The van der Waals surface area contributed by atoms with Crippen LogP contribution in [0.2, 0.25) is 0 Å². The molecule has 1 unspecified atom stereocenters. The summed E-state index contributed by atoms with van der Waals surface area (Å²) in [6, 6.07) is 3.53. The number of ether oxygens (including phenoxy) is 2. The Morgan fingerprint density at radius 1 is 1.27 bits per heavy atom. The van der Waals surface area contributed by atoms with Crippen LogP contribution in [0.25, 0.3) is 0 Å². The van der Waals surface area contributed by atoms with Crippen LogP contribution in [0.15, 0.2) is 18.2 Å². The molecule has 2 amide bonds. The fraction of sp³-hybridized carbons (Fsp3) is 0.556. The highest BCUT2D eigenvalue weighted by molar-refractivity contribution is 5.97. The number of methoxy groups -OCH3 is 1. The molecule has 0 saturated heterocycles. The summed E-state index contributed by atoms with van der Waals surface area (Å²) in [7, 11) is 1.52. The van der Waals surface area contributed by atoms with Crippen molar-refractivity contribution in [3.05, 3.63) is 23.8 Å². The average molecular weight is 368 g/mol. The number of nitrogens with one attached hydrogen (secondary N) is 2. The molecule has 1 aliphatic carbocycles. The summed E-state index contributed by atoms with van der Waals surface area (Å²) in [6.07, 6.45) is 5.16. The Kier molecular flexibility index (Phi) is 7.65. The van der Waals surface area contributed by atoms with Gasteiger partial charge < -0.3 is 14.8 Å². The lowest BCUT2D eigenvalue weighted by Crippen LogP contribution is -2.46. The summed E-state index contributed by atoms with van der Waals surface area (Å²) in [5.74, 6) is -0.465. The zero-order valence-corrected chi connectivity index (χ0v) is 14.8. The van der Waals surface area contributed by atoms with Crippen LogP contribution in [0, 0.1) is 0 Å². The van der Waals surface area contributed by atoms with Crippen molar-refractivity contribution < 1.29 is 28.7 Å². The van der Waals surface area contributed by atoms with Gasteiger partial charge in [0, 0.05) is 12.0 Å². The number of halogens is 1. The van der Waals surface area contributed by atoms with Crippen molar-refractivity contribution in [3.63, 3.8) is 0 Å². The van der Waals surface area contributed by atoms with Crippen LogP contribution < -0.4 is 20.3 Å². The first-order valence-electron chi connectivity index (χ1n) is 8.74. The second kappa shape index (κ2) is 9.96. The second-order valence-electron chi connectivity index (χ2n) is 6.22. The zero-order chi connectivity index (χ0) is 18.9. The van der Waals surface area contributed by atoms with Gasteiger partial charge in [0.05, 0.1) is 19.9 Å². The maximum absolute atomic E-state index is 12.6.